The van der Waals surface area contributed by atoms with Crippen molar-refractivity contribution < 1.29 is 9.32 Å². The van der Waals surface area contributed by atoms with Crippen LogP contribution >= 0.6 is 0 Å². The summed E-state index contributed by atoms with van der Waals surface area (Å²) in [4.78, 5) is 19.0. The van der Waals surface area contributed by atoms with Crippen LogP contribution in [0.15, 0.2) is 22.9 Å². The molecule has 0 saturated carbocycles. The van der Waals surface area contributed by atoms with Gasteiger partial charge in [0.25, 0.3) is 11.7 Å². The van der Waals surface area contributed by atoms with Gasteiger partial charge in [-0.25, -0.2) is 4.98 Å². The van der Waals surface area contributed by atoms with E-state index in [0.717, 1.165) is 30.0 Å². The number of fused-ring (bicyclic) bond motifs is 1. The van der Waals surface area contributed by atoms with Crippen molar-refractivity contribution in [1.29, 1.82) is 0 Å². The second-order valence-electron chi connectivity index (χ2n) is 5.78. The molecule has 8 heteroatoms. The highest BCUT2D eigenvalue weighted by molar-refractivity contribution is 5.91. The molecule has 0 spiro atoms. The highest BCUT2D eigenvalue weighted by Crippen LogP contribution is 2.32. The SMILES string of the molecule is Cc1ccn2c(C(=O)N3CCCC3c3cc(C)on3)nnc2n1. The minimum absolute atomic E-state index is 0.0780. The van der Waals surface area contributed by atoms with Crippen molar-refractivity contribution >= 4 is 11.7 Å². The van der Waals surface area contributed by atoms with Crippen LogP contribution in [0.1, 0.15) is 46.7 Å². The number of aromatic nitrogens is 5. The van der Waals surface area contributed by atoms with Gasteiger partial charge in [0.05, 0.1) is 6.04 Å². The first kappa shape index (κ1) is 13.9. The molecule has 1 unspecified atom stereocenters. The van der Waals surface area contributed by atoms with Gasteiger partial charge >= 0.3 is 0 Å². The number of likely N-dealkylation sites (tertiary alicyclic amines) is 1. The molecule has 8 nitrogen and oxygen atoms in total. The number of carbonyl (C=O) groups is 1. The van der Waals surface area contributed by atoms with E-state index < -0.39 is 0 Å². The summed E-state index contributed by atoms with van der Waals surface area (Å²) in [5.41, 5.74) is 1.62. The molecule has 1 aliphatic rings. The third kappa shape index (κ3) is 2.26. The lowest BCUT2D eigenvalue weighted by Crippen LogP contribution is -2.32. The molecule has 3 aromatic rings. The number of nitrogens with zero attached hydrogens (tertiary/aromatic N) is 6. The minimum Gasteiger partial charge on any atom is -0.361 e. The standard InChI is InChI=1S/C15H16N6O2/c1-9-5-7-21-13(17-18-15(21)16-9)14(22)20-6-3-4-12(20)11-8-10(2)23-19-11/h5,7-8,12H,3-4,6H2,1-2H3. The lowest BCUT2D eigenvalue weighted by atomic mass is 10.1. The Morgan fingerprint density at radius 1 is 1.35 bits per heavy atom. The largest absolute Gasteiger partial charge is 0.361 e. The summed E-state index contributed by atoms with van der Waals surface area (Å²) in [6.07, 6.45) is 3.57. The van der Waals surface area contributed by atoms with E-state index in [0.29, 0.717) is 12.3 Å². The Balaban J connectivity index is 1.69. The summed E-state index contributed by atoms with van der Waals surface area (Å²) in [5, 5.41) is 12.1. The number of amides is 1. The molecular weight excluding hydrogens is 296 g/mol. The van der Waals surface area contributed by atoms with Gasteiger partial charge in [-0.15, -0.1) is 10.2 Å². The van der Waals surface area contributed by atoms with E-state index in [-0.39, 0.29) is 17.8 Å². The number of carbonyl (C=O) groups excluding carboxylic acids is 1. The smallest absolute Gasteiger partial charge is 0.292 e. The molecule has 4 rings (SSSR count). The highest BCUT2D eigenvalue weighted by atomic mass is 16.5. The first-order valence-corrected chi connectivity index (χ1v) is 7.56. The number of hydrogen-bond donors (Lipinski definition) is 0. The van der Waals surface area contributed by atoms with Crippen LogP contribution in [0.25, 0.3) is 5.78 Å². The summed E-state index contributed by atoms with van der Waals surface area (Å²) in [6, 6.07) is 3.63. The normalized spacial score (nSPS) is 18.0. The predicted molar refractivity (Wildman–Crippen MR) is 79.8 cm³/mol. The summed E-state index contributed by atoms with van der Waals surface area (Å²) in [5.74, 6) is 1.29. The van der Waals surface area contributed by atoms with Crippen molar-refractivity contribution in [3.8, 4) is 0 Å². The maximum Gasteiger partial charge on any atom is 0.292 e. The fourth-order valence-electron chi connectivity index (χ4n) is 3.01. The van der Waals surface area contributed by atoms with Gasteiger partial charge in [0.2, 0.25) is 5.82 Å². The summed E-state index contributed by atoms with van der Waals surface area (Å²) in [7, 11) is 0. The summed E-state index contributed by atoms with van der Waals surface area (Å²) < 4.78 is 6.77. The zero-order valence-electron chi connectivity index (χ0n) is 12.9. The zero-order valence-corrected chi connectivity index (χ0v) is 12.9. The first-order valence-electron chi connectivity index (χ1n) is 7.56. The molecule has 1 saturated heterocycles. The average molecular weight is 312 g/mol. The third-order valence-corrected chi connectivity index (χ3v) is 4.11. The maximum absolute atomic E-state index is 12.9. The second kappa shape index (κ2) is 5.15. The van der Waals surface area contributed by atoms with Crippen LogP contribution in [0.2, 0.25) is 0 Å². The molecular formula is C15H16N6O2. The van der Waals surface area contributed by atoms with Crippen LogP contribution in [0.5, 0.6) is 0 Å². The van der Waals surface area contributed by atoms with Gasteiger partial charge in [0.15, 0.2) is 0 Å². The fraction of sp³-hybridized carbons (Fsp3) is 0.400. The Bertz CT molecular complexity index is 883. The maximum atomic E-state index is 12.9. The number of aryl methyl sites for hydroxylation is 2. The molecule has 0 bridgehead atoms. The van der Waals surface area contributed by atoms with E-state index in [1.807, 2.05) is 26.0 Å². The van der Waals surface area contributed by atoms with Crippen molar-refractivity contribution in [2.75, 3.05) is 6.54 Å². The van der Waals surface area contributed by atoms with Crippen LogP contribution in [0.3, 0.4) is 0 Å². The van der Waals surface area contributed by atoms with Crippen LogP contribution in [0.4, 0.5) is 0 Å². The predicted octanol–water partition coefficient (Wildman–Crippen LogP) is 1.71. The molecule has 0 aromatic carbocycles. The van der Waals surface area contributed by atoms with Gasteiger partial charge in [-0.2, -0.15) is 0 Å². The molecule has 1 atom stereocenters. The van der Waals surface area contributed by atoms with Crippen molar-refractivity contribution in [1.82, 2.24) is 29.6 Å². The van der Waals surface area contributed by atoms with Gasteiger partial charge in [-0.3, -0.25) is 9.20 Å². The molecule has 3 aromatic heterocycles. The topological polar surface area (TPSA) is 89.4 Å². The van der Waals surface area contributed by atoms with E-state index in [1.54, 1.807) is 15.5 Å². The van der Waals surface area contributed by atoms with Crippen LogP contribution in [-0.4, -0.2) is 42.1 Å². The van der Waals surface area contributed by atoms with Crippen molar-refractivity contribution in [2.45, 2.75) is 32.7 Å². The molecule has 0 radical (unpaired) electrons. The fourth-order valence-corrected chi connectivity index (χ4v) is 3.01. The molecule has 0 N–H and O–H groups in total. The molecule has 0 aliphatic carbocycles. The van der Waals surface area contributed by atoms with Crippen LogP contribution < -0.4 is 0 Å². The molecule has 23 heavy (non-hydrogen) atoms. The summed E-state index contributed by atoms with van der Waals surface area (Å²) >= 11 is 0. The quantitative estimate of drug-likeness (QED) is 0.715. The molecule has 1 fully saturated rings. The lowest BCUT2D eigenvalue weighted by molar-refractivity contribution is 0.0717. The van der Waals surface area contributed by atoms with Crippen molar-refractivity contribution in [3.05, 3.63) is 41.3 Å². The van der Waals surface area contributed by atoms with E-state index in [2.05, 4.69) is 20.3 Å². The monoisotopic (exact) mass is 312 g/mol. The Labute approximate surface area is 132 Å². The molecule has 1 aliphatic heterocycles. The molecule has 1 amide bonds. The average Bonchev–Trinajstić information content (AvgIpc) is 3.23. The Morgan fingerprint density at radius 2 is 2.22 bits per heavy atom. The van der Waals surface area contributed by atoms with Gasteiger partial charge in [0, 0.05) is 24.5 Å². The Morgan fingerprint density at radius 3 is 3.00 bits per heavy atom. The zero-order chi connectivity index (χ0) is 16.0. The Kier molecular flexibility index (Phi) is 3.10. The van der Waals surface area contributed by atoms with Gasteiger partial charge < -0.3 is 9.42 Å². The van der Waals surface area contributed by atoms with Gasteiger partial charge in [-0.1, -0.05) is 5.16 Å². The Hall–Kier alpha value is -2.77. The minimum atomic E-state index is -0.161. The lowest BCUT2D eigenvalue weighted by Gasteiger charge is -2.21. The third-order valence-electron chi connectivity index (χ3n) is 4.11. The number of rotatable bonds is 2. The van der Waals surface area contributed by atoms with Crippen LogP contribution in [0, 0.1) is 13.8 Å². The first-order chi connectivity index (χ1) is 11.1. The van der Waals surface area contributed by atoms with E-state index >= 15 is 0 Å². The van der Waals surface area contributed by atoms with Crippen molar-refractivity contribution in [2.24, 2.45) is 0 Å². The van der Waals surface area contributed by atoms with Gasteiger partial charge in [0.1, 0.15) is 11.5 Å². The molecule has 4 heterocycles. The van der Waals surface area contributed by atoms with Crippen molar-refractivity contribution in [3.63, 3.8) is 0 Å². The van der Waals surface area contributed by atoms with Gasteiger partial charge in [-0.05, 0) is 32.8 Å². The van der Waals surface area contributed by atoms with E-state index in [9.17, 15) is 4.79 Å². The summed E-state index contributed by atoms with van der Waals surface area (Å²) in [6.45, 7) is 4.39. The van der Waals surface area contributed by atoms with E-state index in [4.69, 9.17) is 4.52 Å². The van der Waals surface area contributed by atoms with Crippen LogP contribution in [-0.2, 0) is 0 Å². The highest BCUT2D eigenvalue weighted by Gasteiger charge is 2.34. The molecule has 118 valence electrons. The second-order valence-corrected chi connectivity index (χ2v) is 5.78. The number of hydrogen-bond acceptors (Lipinski definition) is 6. The van der Waals surface area contributed by atoms with E-state index in [1.165, 1.54) is 0 Å².